The molecule has 0 saturated carbocycles. The predicted octanol–water partition coefficient (Wildman–Crippen LogP) is 1.74. The number of halogens is 1. The Bertz CT molecular complexity index is 698. The number of hydrogen-bond donors (Lipinski definition) is 0. The van der Waals surface area contributed by atoms with Crippen molar-refractivity contribution in [3.05, 3.63) is 22.7 Å². The topological polar surface area (TPSA) is 62.3 Å². The Morgan fingerprint density at radius 2 is 1.63 bits per heavy atom. The lowest BCUT2D eigenvalue weighted by Crippen LogP contribution is -2.51. The molecule has 2 saturated heterocycles. The lowest BCUT2D eigenvalue weighted by Gasteiger charge is -2.35. The van der Waals surface area contributed by atoms with E-state index in [4.69, 9.17) is 21.1 Å². The molecule has 7 nitrogen and oxygen atoms in total. The smallest absolute Gasteiger partial charge is 0.254 e. The van der Waals surface area contributed by atoms with Gasteiger partial charge in [-0.3, -0.25) is 14.5 Å². The van der Waals surface area contributed by atoms with Crippen LogP contribution in [0.3, 0.4) is 0 Å². The molecule has 2 aliphatic rings. The number of benzene rings is 1. The molecule has 0 unspecified atom stereocenters. The Morgan fingerprint density at radius 3 is 2.22 bits per heavy atom. The Balaban J connectivity index is 1.58. The van der Waals surface area contributed by atoms with E-state index in [9.17, 15) is 9.59 Å². The lowest BCUT2D eigenvalue weighted by molar-refractivity contribution is -0.131. The number of hydrogen-bond acceptors (Lipinski definition) is 5. The minimum Gasteiger partial charge on any atom is -0.493 e. The molecule has 2 amide bonds. The van der Waals surface area contributed by atoms with Crippen LogP contribution in [0.15, 0.2) is 12.1 Å². The van der Waals surface area contributed by atoms with E-state index in [1.165, 1.54) is 14.2 Å². The van der Waals surface area contributed by atoms with Crippen LogP contribution in [0.5, 0.6) is 11.5 Å². The highest BCUT2D eigenvalue weighted by Crippen LogP contribution is 2.36. The highest BCUT2D eigenvalue weighted by atomic mass is 35.5. The van der Waals surface area contributed by atoms with Gasteiger partial charge in [-0.05, 0) is 25.0 Å². The summed E-state index contributed by atoms with van der Waals surface area (Å²) in [6.07, 6.45) is 2.20. The average Bonchev–Trinajstić information content (AvgIpc) is 3.22. The van der Waals surface area contributed by atoms with Crippen molar-refractivity contribution in [2.24, 2.45) is 0 Å². The Morgan fingerprint density at radius 1 is 0.963 bits per heavy atom. The third-order valence-electron chi connectivity index (χ3n) is 5.16. The maximum atomic E-state index is 12.8. The van der Waals surface area contributed by atoms with Crippen molar-refractivity contribution in [1.29, 1.82) is 0 Å². The summed E-state index contributed by atoms with van der Waals surface area (Å²) in [6.45, 7) is 4.72. The van der Waals surface area contributed by atoms with Crippen LogP contribution >= 0.6 is 11.6 Å². The van der Waals surface area contributed by atoms with Gasteiger partial charge >= 0.3 is 0 Å². The molecular weight excluding hydrogens is 370 g/mol. The molecule has 1 aromatic carbocycles. The van der Waals surface area contributed by atoms with E-state index < -0.39 is 0 Å². The molecule has 27 heavy (non-hydrogen) atoms. The normalized spacial score (nSPS) is 17.9. The fraction of sp³-hybridized carbons (Fsp3) is 0.579. The highest BCUT2D eigenvalue weighted by molar-refractivity contribution is 6.32. The summed E-state index contributed by atoms with van der Waals surface area (Å²) in [5, 5.41) is 0.343. The second kappa shape index (κ2) is 8.80. The van der Waals surface area contributed by atoms with Gasteiger partial charge in [-0.25, -0.2) is 0 Å². The van der Waals surface area contributed by atoms with Crippen LogP contribution in [0.25, 0.3) is 0 Å². The van der Waals surface area contributed by atoms with Gasteiger partial charge in [-0.1, -0.05) is 11.6 Å². The Hall–Kier alpha value is -1.99. The number of carbonyl (C=O) groups is 2. The maximum Gasteiger partial charge on any atom is 0.254 e. The molecule has 0 aromatic heterocycles. The molecule has 1 aromatic rings. The van der Waals surface area contributed by atoms with Crippen LogP contribution in [-0.4, -0.2) is 86.5 Å². The third kappa shape index (κ3) is 4.47. The molecule has 8 heteroatoms. The van der Waals surface area contributed by atoms with Crippen LogP contribution < -0.4 is 9.47 Å². The number of rotatable bonds is 5. The standard InChI is InChI=1S/C19H26ClN3O4/c1-26-16-12-14(11-15(20)18(16)27-2)19(25)23-9-7-21(8-10-23)13-17(24)22-5-3-4-6-22/h11-12H,3-10,13H2,1-2H3. The second-order valence-corrected chi connectivity index (χ2v) is 7.26. The van der Waals surface area contributed by atoms with Gasteiger partial charge < -0.3 is 19.3 Å². The van der Waals surface area contributed by atoms with Crippen molar-refractivity contribution in [3.63, 3.8) is 0 Å². The van der Waals surface area contributed by atoms with Crippen molar-refractivity contribution in [2.45, 2.75) is 12.8 Å². The maximum absolute atomic E-state index is 12.8. The van der Waals surface area contributed by atoms with E-state index in [1.807, 2.05) is 4.90 Å². The number of carbonyl (C=O) groups excluding carboxylic acids is 2. The summed E-state index contributed by atoms with van der Waals surface area (Å²) in [4.78, 5) is 31.0. The van der Waals surface area contributed by atoms with Crippen LogP contribution in [-0.2, 0) is 4.79 Å². The first-order valence-corrected chi connectivity index (χ1v) is 9.62. The Kier molecular flexibility index (Phi) is 6.44. The van der Waals surface area contributed by atoms with E-state index in [1.54, 1.807) is 17.0 Å². The van der Waals surface area contributed by atoms with Crippen molar-refractivity contribution in [1.82, 2.24) is 14.7 Å². The van der Waals surface area contributed by atoms with E-state index >= 15 is 0 Å². The molecule has 0 N–H and O–H groups in total. The number of likely N-dealkylation sites (tertiary alicyclic amines) is 1. The zero-order valence-corrected chi connectivity index (χ0v) is 16.6. The average molecular weight is 396 g/mol. The zero-order valence-electron chi connectivity index (χ0n) is 15.9. The van der Waals surface area contributed by atoms with Gasteiger partial charge in [0.05, 0.1) is 25.8 Å². The van der Waals surface area contributed by atoms with Crippen LogP contribution in [0.4, 0.5) is 0 Å². The third-order valence-corrected chi connectivity index (χ3v) is 5.44. The fourth-order valence-corrected chi connectivity index (χ4v) is 3.88. The van der Waals surface area contributed by atoms with Gasteiger partial charge in [0.1, 0.15) is 0 Å². The molecule has 0 radical (unpaired) electrons. The lowest BCUT2D eigenvalue weighted by atomic mass is 10.1. The first-order chi connectivity index (χ1) is 13.0. The highest BCUT2D eigenvalue weighted by Gasteiger charge is 2.26. The Labute approximate surface area is 164 Å². The number of ether oxygens (including phenoxy) is 2. The summed E-state index contributed by atoms with van der Waals surface area (Å²) >= 11 is 6.21. The van der Waals surface area contributed by atoms with Gasteiger partial charge in [0.2, 0.25) is 5.91 Å². The van der Waals surface area contributed by atoms with E-state index in [2.05, 4.69) is 4.90 Å². The zero-order chi connectivity index (χ0) is 19.4. The molecule has 0 bridgehead atoms. The van der Waals surface area contributed by atoms with Gasteiger partial charge in [0, 0.05) is 44.8 Å². The number of nitrogens with zero attached hydrogens (tertiary/aromatic N) is 3. The summed E-state index contributed by atoms with van der Waals surface area (Å²) in [7, 11) is 3.02. The molecule has 2 aliphatic heterocycles. The first kappa shape index (κ1) is 19.8. The monoisotopic (exact) mass is 395 g/mol. The number of piperazine rings is 1. The van der Waals surface area contributed by atoms with E-state index in [-0.39, 0.29) is 11.8 Å². The summed E-state index contributed by atoms with van der Waals surface area (Å²) in [5.74, 6) is 0.950. The molecule has 2 heterocycles. The van der Waals surface area contributed by atoms with Crippen molar-refractivity contribution < 1.29 is 19.1 Å². The summed E-state index contributed by atoms with van der Waals surface area (Å²) in [6, 6.07) is 3.25. The SMILES string of the molecule is COc1cc(C(=O)N2CCN(CC(=O)N3CCCC3)CC2)cc(Cl)c1OC. The van der Waals surface area contributed by atoms with Crippen LogP contribution in [0.2, 0.25) is 5.02 Å². The minimum atomic E-state index is -0.0941. The molecule has 0 spiro atoms. The molecule has 2 fully saturated rings. The number of amides is 2. The van der Waals surface area contributed by atoms with E-state index in [0.29, 0.717) is 54.8 Å². The quantitative estimate of drug-likeness (QED) is 0.760. The van der Waals surface area contributed by atoms with Crippen molar-refractivity contribution in [3.8, 4) is 11.5 Å². The largest absolute Gasteiger partial charge is 0.493 e. The van der Waals surface area contributed by atoms with Gasteiger partial charge in [0.15, 0.2) is 11.5 Å². The molecule has 3 rings (SSSR count). The first-order valence-electron chi connectivity index (χ1n) is 9.24. The summed E-state index contributed by atoms with van der Waals surface area (Å²) in [5.41, 5.74) is 0.472. The molecular formula is C19H26ClN3O4. The minimum absolute atomic E-state index is 0.0941. The van der Waals surface area contributed by atoms with E-state index in [0.717, 1.165) is 25.9 Å². The van der Waals surface area contributed by atoms with Crippen molar-refractivity contribution in [2.75, 3.05) is 60.0 Å². The number of methoxy groups -OCH3 is 2. The summed E-state index contributed by atoms with van der Waals surface area (Å²) < 4.78 is 10.5. The fourth-order valence-electron chi connectivity index (χ4n) is 3.59. The van der Waals surface area contributed by atoms with Gasteiger partial charge in [-0.15, -0.1) is 0 Å². The molecule has 0 aliphatic carbocycles. The second-order valence-electron chi connectivity index (χ2n) is 6.85. The van der Waals surface area contributed by atoms with Gasteiger partial charge in [0.25, 0.3) is 5.91 Å². The molecule has 0 atom stereocenters. The van der Waals surface area contributed by atoms with Gasteiger partial charge in [-0.2, -0.15) is 0 Å². The van der Waals surface area contributed by atoms with Crippen LogP contribution in [0, 0.1) is 0 Å². The molecule has 148 valence electrons. The van der Waals surface area contributed by atoms with Crippen LogP contribution in [0.1, 0.15) is 23.2 Å². The van der Waals surface area contributed by atoms with Crippen molar-refractivity contribution >= 4 is 23.4 Å². The predicted molar refractivity (Wildman–Crippen MR) is 103 cm³/mol.